The van der Waals surface area contributed by atoms with E-state index in [1.807, 2.05) is 0 Å². The molecule has 0 radical (unpaired) electrons. The summed E-state index contributed by atoms with van der Waals surface area (Å²) in [5.41, 5.74) is -0.0677. The van der Waals surface area contributed by atoms with E-state index in [-0.39, 0.29) is 12.0 Å². The number of hydrogen-bond donors (Lipinski definition) is 3. The molecule has 0 atom stereocenters. The van der Waals surface area contributed by atoms with Gasteiger partial charge in [0.05, 0.1) is 18.6 Å². The predicted octanol–water partition coefficient (Wildman–Crippen LogP) is -0.650. The Hall–Kier alpha value is -0.610. The smallest absolute Gasteiger partial charge is 0.105 e. The fourth-order valence-corrected chi connectivity index (χ4v) is 2.13. The van der Waals surface area contributed by atoms with Crippen LogP contribution in [0.4, 0.5) is 0 Å². The lowest BCUT2D eigenvalue weighted by molar-refractivity contribution is 0.148. The maximum absolute atomic E-state index is 9.45. The Kier molecular flexibility index (Phi) is 2.51. The summed E-state index contributed by atoms with van der Waals surface area (Å²) in [6.45, 7) is 4.00. The van der Waals surface area contributed by atoms with Crippen molar-refractivity contribution in [1.29, 1.82) is 0 Å². The van der Waals surface area contributed by atoms with E-state index in [9.17, 15) is 5.11 Å². The molecular formula is C9H17N3O. The molecule has 4 nitrogen and oxygen atoms in total. The Morgan fingerprint density at radius 3 is 2.62 bits per heavy atom. The number of amidine groups is 1. The molecule has 0 unspecified atom stereocenters. The quantitative estimate of drug-likeness (QED) is 0.533. The molecule has 0 aliphatic carbocycles. The van der Waals surface area contributed by atoms with Crippen LogP contribution in [0, 0.1) is 5.41 Å². The van der Waals surface area contributed by atoms with Gasteiger partial charge < -0.3 is 15.7 Å². The summed E-state index contributed by atoms with van der Waals surface area (Å²) >= 11 is 0. The Morgan fingerprint density at radius 1 is 1.31 bits per heavy atom. The van der Waals surface area contributed by atoms with E-state index in [1.165, 1.54) is 0 Å². The van der Waals surface area contributed by atoms with Crippen molar-refractivity contribution in [1.82, 2.24) is 10.6 Å². The molecule has 0 aromatic carbocycles. The second-order valence-electron chi connectivity index (χ2n) is 3.85. The minimum absolute atomic E-state index is 0.0677. The van der Waals surface area contributed by atoms with Crippen LogP contribution in [0.15, 0.2) is 4.99 Å². The van der Waals surface area contributed by atoms with E-state index < -0.39 is 0 Å². The molecule has 4 heteroatoms. The zero-order valence-electron chi connectivity index (χ0n) is 7.84. The van der Waals surface area contributed by atoms with Gasteiger partial charge in [-0.25, -0.2) is 0 Å². The zero-order chi connectivity index (χ0) is 9.15. The van der Waals surface area contributed by atoms with Gasteiger partial charge in [-0.05, 0) is 25.9 Å². The molecule has 3 N–H and O–H groups in total. The molecular weight excluding hydrogens is 166 g/mol. The average Bonchev–Trinajstić information content (AvgIpc) is 2.72. The molecule has 0 bridgehead atoms. The van der Waals surface area contributed by atoms with Gasteiger partial charge in [-0.3, -0.25) is 4.99 Å². The van der Waals surface area contributed by atoms with Crippen molar-refractivity contribution < 1.29 is 5.11 Å². The monoisotopic (exact) mass is 183 g/mol. The first kappa shape index (κ1) is 8.97. The summed E-state index contributed by atoms with van der Waals surface area (Å²) < 4.78 is 0. The Labute approximate surface area is 78.4 Å². The van der Waals surface area contributed by atoms with Crippen molar-refractivity contribution in [3.05, 3.63) is 0 Å². The third kappa shape index (κ3) is 1.56. The Balaban J connectivity index is 2.12. The van der Waals surface area contributed by atoms with Crippen LogP contribution in [-0.2, 0) is 0 Å². The molecule has 2 aliphatic heterocycles. The summed E-state index contributed by atoms with van der Waals surface area (Å²) in [6, 6.07) is 0. The van der Waals surface area contributed by atoms with Crippen LogP contribution in [0.2, 0.25) is 0 Å². The highest BCUT2D eigenvalue weighted by Gasteiger charge is 2.37. The largest absolute Gasteiger partial charge is 0.395 e. The van der Waals surface area contributed by atoms with Gasteiger partial charge in [0.1, 0.15) is 5.84 Å². The molecule has 1 fully saturated rings. The van der Waals surface area contributed by atoms with Crippen molar-refractivity contribution in [2.24, 2.45) is 10.4 Å². The van der Waals surface area contributed by atoms with Gasteiger partial charge in [0.15, 0.2) is 0 Å². The minimum Gasteiger partial charge on any atom is -0.395 e. The fraction of sp³-hybridized carbons (Fsp3) is 0.889. The number of nitrogens with zero attached hydrogens (tertiary/aromatic N) is 1. The summed E-state index contributed by atoms with van der Waals surface area (Å²) in [5, 5.41) is 16.0. The lowest BCUT2D eigenvalue weighted by Gasteiger charge is -2.35. The lowest BCUT2D eigenvalue weighted by Crippen LogP contribution is -2.48. The Morgan fingerprint density at radius 2 is 2.08 bits per heavy atom. The van der Waals surface area contributed by atoms with Gasteiger partial charge in [-0.2, -0.15) is 0 Å². The van der Waals surface area contributed by atoms with Gasteiger partial charge >= 0.3 is 0 Å². The standard InChI is InChI=1S/C9H17N3O/c13-7-9(1-3-10-4-2-9)8-11-5-6-12-8/h10,13H,1-7H2,(H,11,12). The highest BCUT2D eigenvalue weighted by atomic mass is 16.3. The van der Waals surface area contributed by atoms with Crippen LogP contribution in [-0.4, -0.2) is 43.7 Å². The van der Waals surface area contributed by atoms with Crippen molar-refractivity contribution in [3.63, 3.8) is 0 Å². The molecule has 0 saturated carbocycles. The van der Waals surface area contributed by atoms with Gasteiger partial charge in [-0.1, -0.05) is 0 Å². The molecule has 1 saturated heterocycles. The normalized spacial score (nSPS) is 26.7. The average molecular weight is 183 g/mol. The first-order valence-corrected chi connectivity index (χ1v) is 4.98. The first-order valence-electron chi connectivity index (χ1n) is 4.98. The molecule has 0 amide bonds. The molecule has 0 spiro atoms. The zero-order valence-corrected chi connectivity index (χ0v) is 7.84. The van der Waals surface area contributed by atoms with Crippen molar-refractivity contribution in [3.8, 4) is 0 Å². The number of hydrogen-bond acceptors (Lipinski definition) is 4. The van der Waals surface area contributed by atoms with E-state index in [1.54, 1.807) is 0 Å². The van der Waals surface area contributed by atoms with Crippen LogP contribution in [0.25, 0.3) is 0 Å². The number of rotatable bonds is 2. The highest BCUT2D eigenvalue weighted by molar-refractivity contribution is 5.89. The summed E-state index contributed by atoms with van der Waals surface area (Å²) in [6.07, 6.45) is 1.99. The van der Waals surface area contributed by atoms with Gasteiger partial charge in [0.2, 0.25) is 0 Å². The third-order valence-electron chi connectivity index (χ3n) is 3.04. The van der Waals surface area contributed by atoms with Gasteiger partial charge in [-0.15, -0.1) is 0 Å². The summed E-state index contributed by atoms with van der Waals surface area (Å²) in [5.74, 6) is 1.04. The van der Waals surface area contributed by atoms with Crippen LogP contribution in [0.5, 0.6) is 0 Å². The third-order valence-corrected chi connectivity index (χ3v) is 3.04. The predicted molar refractivity (Wildman–Crippen MR) is 51.9 cm³/mol. The molecule has 2 heterocycles. The van der Waals surface area contributed by atoms with Crippen LogP contribution < -0.4 is 10.6 Å². The second-order valence-corrected chi connectivity index (χ2v) is 3.85. The van der Waals surface area contributed by atoms with E-state index in [2.05, 4.69) is 15.6 Å². The molecule has 0 aromatic rings. The maximum atomic E-state index is 9.45. The molecule has 0 aromatic heterocycles. The van der Waals surface area contributed by atoms with Crippen molar-refractivity contribution >= 4 is 5.84 Å². The number of aliphatic hydroxyl groups excluding tert-OH is 1. The number of nitrogens with one attached hydrogen (secondary N) is 2. The van der Waals surface area contributed by atoms with E-state index >= 15 is 0 Å². The summed E-state index contributed by atoms with van der Waals surface area (Å²) in [4.78, 5) is 4.42. The van der Waals surface area contributed by atoms with E-state index in [0.29, 0.717) is 0 Å². The van der Waals surface area contributed by atoms with E-state index in [4.69, 9.17) is 0 Å². The SMILES string of the molecule is OCC1(C2=NCCN2)CCNCC1. The topological polar surface area (TPSA) is 56.7 Å². The fourth-order valence-electron chi connectivity index (χ4n) is 2.13. The van der Waals surface area contributed by atoms with Crippen LogP contribution in [0.1, 0.15) is 12.8 Å². The number of piperidine rings is 1. The van der Waals surface area contributed by atoms with Crippen LogP contribution in [0.3, 0.4) is 0 Å². The molecule has 2 rings (SSSR count). The van der Waals surface area contributed by atoms with Gasteiger partial charge in [0, 0.05) is 6.54 Å². The molecule has 2 aliphatic rings. The van der Waals surface area contributed by atoms with Gasteiger partial charge in [0.25, 0.3) is 0 Å². The minimum atomic E-state index is -0.0677. The first-order chi connectivity index (χ1) is 6.37. The summed E-state index contributed by atoms with van der Waals surface area (Å²) in [7, 11) is 0. The lowest BCUT2D eigenvalue weighted by atomic mass is 9.78. The highest BCUT2D eigenvalue weighted by Crippen LogP contribution is 2.29. The van der Waals surface area contributed by atoms with E-state index in [0.717, 1.165) is 44.9 Å². The van der Waals surface area contributed by atoms with Crippen LogP contribution >= 0.6 is 0 Å². The van der Waals surface area contributed by atoms with Crippen molar-refractivity contribution in [2.75, 3.05) is 32.8 Å². The number of aliphatic imine (C=N–C) groups is 1. The Bertz CT molecular complexity index is 209. The maximum Gasteiger partial charge on any atom is 0.105 e. The molecule has 13 heavy (non-hydrogen) atoms. The second kappa shape index (κ2) is 3.64. The van der Waals surface area contributed by atoms with Crippen molar-refractivity contribution in [2.45, 2.75) is 12.8 Å². The molecule has 74 valence electrons. The number of aliphatic hydroxyl groups is 1.